The second-order valence-corrected chi connectivity index (χ2v) is 5.98. The van der Waals surface area contributed by atoms with Crippen molar-refractivity contribution in [2.24, 2.45) is 11.8 Å². The second kappa shape index (κ2) is 5.27. The highest BCUT2D eigenvalue weighted by atomic mass is 16.1. The molecule has 104 valence electrons. The highest BCUT2D eigenvalue weighted by Crippen LogP contribution is 2.25. The van der Waals surface area contributed by atoms with Gasteiger partial charge in [-0.2, -0.15) is 0 Å². The summed E-state index contributed by atoms with van der Waals surface area (Å²) in [4.78, 5) is 22.9. The van der Waals surface area contributed by atoms with Crippen molar-refractivity contribution >= 4 is 11.7 Å². The molecule has 0 aromatic carbocycles. The van der Waals surface area contributed by atoms with Crippen LogP contribution in [0.1, 0.15) is 48.9 Å². The lowest BCUT2D eigenvalue weighted by molar-refractivity contribution is 0.101. The fraction of sp³-hybridized carbons (Fsp3) is 0.667. The van der Waals surface area contributed by atoms with Gasteiger partial charge in [0.25, 0.3) is 0 Å². The van der Waals surface area contributed by atoms with Gasteiger partial charge in [0.05, 0.1) is 17.0 Å². The molecular weight excluding hydrogens is 238 g/mol. The monoisotopic (exact) mass is 261 g/mol. The van der Waals surface area contributed by atoms with Crippen molar-refractivity contribution in [1.29, 1.82) is 0 Å². The Morgan fingerprint density at radius 1 is 1.11 bits per heavy atom. The zero-order valence-corrected chi connectivity index (χ0v) is 12.5. The van der Waals surface area contributed by atoms with Gasteiger partial charge in [-0.25, -0.2) is 9.97 Å². The SMILES string of the molecule is CC(=O)c1c(C)nc(N2CC(C)CC(C)C2)nc1C. The van der Waals surface area contributed by atoms with Gasteiger partial charge in [-0.05, 0) is 39.0 Å². The second-order valence-electron chi connectivity index (χ2n) is 5.98. The summed E-state index contributed by atoms with van der Waals surface area (Å²) >= 11 is 0. The van der Waals surface area contributed by atoms with Crippen LogP contribution in [0.15, 0.2) is 0 Å². The molecule has 1 fully saturated rings. The number of Topliss-reactive ketones (excluding diaryl/α,β-unsaturated/α-hetero) is 1. The van der Waals surface area contributed by atoms with Gasteiger partial charge < -0.3 is 4.90 Å². The molecule has 1 saturated heterocycles. The molecule has 2 heterocycles. The van der Waals surface area contributed by atoms with E-state index in [1.54, 1.807) is 6.92 Å². The lowest BCUT2D eigenvalue weighted by Crippen LogP contribution is -2.40. The number of nitrogens with zero attached hydrogens (tertiary/aromatic N) is 3. The highest BCUT2D eigenvalue weighted by Gasteiger charge is 2.24. The van der Waals surface area contributed by atoms with E-state index in [-0.39, 0.29) is 5.78 Å². The summed E-state index contributed by atoms with van der Waals surface area (Å²) in [6, 6.07) is 0. The Balaban J connectivity index is 2.33. The van der Waals surface area contributed by atoms with E-state index >= 15 is 0 Å². The van der Waals surface area contributed by atoms with Crippen LogP contribution < -0.4 is 4.90 Å². The lowest BCUT2D eigenvalue weighted by Gasteiger charge is -2.35. The first-order valence-electron chi connectivity index (χ1n) is 6.99. The first-order chi connectivity index (χ1) is 8.88. The third-order valence-electron chi connectivity index (χ3n) is 3.76. The molecule has 0 spiro atoms. The van der Waals surface area contributed by atoms with E-state index in [9.17, 15) is 4.79 Å². The molecule has 1 aliphatic heterocycles. The Kier molecular flexibility index (Phi) is 3.88. The van der Waals surface area contributed by atoms with Gasteiger partial charge in [-0.3, -0.25) is 4.79 Å². The molecule has 4 nitrogen and oxygen atoms in total. The van der Waals surface area contributed by atoms with Crippen molar-refractivity contribution in [1.82, 2.24) is 9.97 Å². The van der Waals surface area contributed by atoms with Crippen LogP contribution in [0.25, 0.3) is 0 Å². The number of piperidine rings is 1. The molecule has 0 bridgehead atoms. The van der Waals surface area contributed by atoms with Gasteiger partial charge in [-0.15, -0.1) is 0 Å². The summed E-state index contributed by atoms with van der Waals surface area (Å²) in [5.41, 5.74) is 2.25. The Bertz CT molecular complexity index is 465. The molecule has 2 unspecified atom stereocenters. The number of hydrogen-bond donors (Lipinski definition) is 0. The average molecular weight is 261 g/mol. The number of aryl methyl sites for hydroxylation is 2. The van der Waals surface area contributed by atoms with E-state index < -0.39 is 0 Å². The lowest BCUT2D eigenvalue weighted by atomic mass is 9.92. The topological polar surface area (TPSA) is 46.1 Å². The van der Waals surface area contributed by atoms with Crippen LogP contribution in [0.2, 0.25) is 0 Å². The minimum absolute atomic E-state index is 0.0435. The molecule has 2 atom stereocenters. The molecule has 1 aromatic rings. The number of aromatic nitrogens is 2. The van der Waals surface area contributed by atoms with E-state index in [0.717, 1.165) is 30.4 Å². The van der Waals surface area contributed by atoms with Gasteiger partial charge in [0.15, 0.2) is 5.78 Å². The minimum Gasteiger partial charge on any atom is -0.340 e. The molecule has 19 heavy (non-hydrogen) atoms. The smallest absolute Gasteiger partial charge is 0.225 e. The fourth-order valence-corrected chi connectivity index (χ4v) is 3.18. The summed E-state index contributed by atoms with van der Waals surface area (Å²) in [6.07, 6.45) is 1.26. The van der Waals surface area contributed by atoms with Gasteiger partial charge in [0.1, 0.15) is 0 Å². The number of carbonyl (C=O) groups is 1. The van der Waals surface area contributed by atoms with Crippen LogP contribution >= 0.6 is 0 Å². The molecule has 2 rings (SSSR count). The van der Waals surface area contributed by atoms with Crippen LogP contribution in [0, 0.1) is 25.7 Å². The summed E-state index contributed by atoms with van der Waals surface area (Å²) in [5.74, 6) is 2.15. The van der Waals surface area contributed by atoms with Gasteiger partial charge in [-0.1, -0.05) is 13.8 Å². The number of rotatable bonds is 2. The minimum atomic E-state index is 0.0435. The molecule has 0 amide bonds. The number of hydrogen-bond acceptors (Lipinski definition) is 4. The molecule has 0 saturated carbocycles. The molecule has 0 aliphatic carbocycles. The first kappa shape index (κ1) is 14.0. The number of anilines is 1. The summed E-state index contributed by atoms with van der Waals surface area (Å²) in [5, 5.41) is 0. The Morgan fingerprint density at radius 3 is 2.00 bits per heavy atom. The molecular formula is C15H23N3O. The zero-order chi connectivity index (χ0) is 14.2. The van der Waals surface area contributed by atoms with Crippen molar-refractivity contribution in [3.8, 4) is 0 Å². The summed E-state index contributed by atoms with van der Waals surface area (Å²) in [6.45, 7) is 11.9. The van der Waals surface area contributed by atoms with E-state index in [1.165, 1.54) is 6.42 Å². The number of ketones is 1. The van der Waals surface area contributed by atoms with Crippen molar-refractivity contribution < 1.29 is 4.79 Å². The standard InChI is InChI=1S/C15H23N3O/c1-9-6-10(2)8-18(7-9)15-16-11(3)14(13(5)19)12(4)17-15/h9-10H,6-8H2,1-5H3. The van der Waals surface area contributed by atoms with Gasteiger partial charge >= 0.3 is 0 Å². The average Bonchev–Trinajstić information content (AvgIpc) is 2.25. The van der Waals surface area contributed by atoms with E-state index in [2.05, 4.69) is 28.7 Å². The van der Waals surface area contributed by atoms with Gasteiger partial charge in [0, 0.05) is 13.1 Å². The predicted molar refractivity (Wildman–Crippen MR) is 76.7 cm³/mol. The van der Waals surface area contributed by atoms with Crippen LogP contribution in [-0.4, -0.2) is 28.8 Å². The molecule has 0 radical (unpaired) electrons. The maximum absolute atomic E-state index is 11.6. The summed E-state index contributed by atoms with van der Waals surface area (Å²) < 4.78 is 0. The maximum Gasteiger partial charge on any atom is 0.225 e. The molecule has 1 aliphatic rings. The first-order valence-corrected chi connectivity index (χ1v) is 6.99. The van der Waals surface area contributed by atoms with Crippen LogP contribution in [-0.2, 0) is 0 Å². The highest BCUT2D eigenvalue weighted by molar-refractivity contribution is 5.96. The fourth-order valence-electron chi connectivity index (χ4n) is 3.18. The van der Waals surface area contributed by atoms with Gasteiger partial charge in [0.2, 0.25) is 5.95 Å². The Hall–Kier alpha value is -1.45. The van der Waals surface area contributed by atoms with Crippen molar-refractivity contribution in [2.75, 3.05) is 18.0 Å². The van der Waals surface area contributed by atoms with E-state index in [4.69, 9.17) is 0 Å². The zero-order valence-electron chi connectivity index (χ0n) is 12.5. The van der Waals surface area contributed by atoms with Crippen molar-refractivity contribution in [3.05, 3.63) is 17.0 Å². The van der Waals surface area contributed by atoms with E-state index in [0.29, 0.717) is 17.4 Å². The normalized spacial score (nSPS) is 23.5. The molecule has 0 N–H and O–H groups in total. The molecule has 1 aromatic heterocycles. The number of carbonyl (C=O) groups excluding carboxylic acids is 1. The van der Waals surface area contributed by atoms with Crippen LogP contribution in [0.4, 0.5) is 5.95 Å². The van der Waals surface area contributed by atoms with E-state index in [1.807, 2.05) is 13.8 Å². The van der Waals surface area contributed by atoms with Crippen molar-refractivity contribution in [2.45, 2.75) is 41.0 Å². The predicted octanol–water partition coefficient (Wildman–Crippen LogP) is 2.78. The maximum atomic E-state index is 11.6. The third-order valence-corrected chi connectivity index (χ3v) is 3.76. The van der Waals surface area contributed by atoms with Crippen LogP contribution in [0.5, 0.6) is 0 Å². The Labute approximate surface area is 115 Å². The van der Waals surface area contributed by atoms with Crippen LogP contribution in [0.3, 0.4) is 0 Å². The molecule has 4 heteroatoms. The summed E-state index contributed by atoms with van der Waals surface area (Å²) in [7, 11) is 0. The van der Waals surface area contributed by atoms with Crippen molar-refractivity contribution in [3.63, 3.8) is 0 Å². The largest absolute Gasteiger partial charge is 0.340 e. The quantitative estimate of drug-likeness (QED) is 0.768. The Morgan fingerprint density at radius 2 is 1.58 bits per heavy atom. The third kappa shape index (κ3) is 2.94.